The normalized spacial score (nSPS) is 12.0. The van der Waals surface area contributed by atoms with Crippen molar-refractivity contribution in [1.82, 2.24) is 20.3 Å². The quantitative estimate of drug-likeness (QED) is 0.512. The molecule has 3 aromatic rings. The monoisotopic (exact) mass is 424 g/mol. The molecule has 0 fully saturated rings. The van der Waals surface area contributed by atoms with Crippen LogP contribution in [0.25, 0.3) is 10.9 Å². The number of carboxylic acids is 1. The van der Waals surface area contributed by atoms with Gasteiger partial charge in [0.2, 0.25) is 5.43 Å². The lowest BCUT2D eigenvalue weighted by Crippen LogP contribution is -2.32. The van der Waals surface area contributed by atoms with Gasteiger partial charge in [-0.2, -0.15) is 13.2 Å². The summed E-state index contributed by atoms with van der Waals surface area (Å²) in [6.07, 6.45) is 0.400. The van der Waals surface area contributed by atoms with Crippen molar-refractivity contribution in [2.45, 2.75) is 32.5 Å². The van der Waals surface area contributed by atoms with Crippen LogP contribution in [0.15, 0.2) is 41.6 Å². The van der Waals surface area contributed by atoms with E-state index in [-0.39, 0.29) is 17.0 Å². The SMILES string of the molecule is CCC(NC(=O)c1c[nH]c2c(C)cccc2c1=O)c1ncc[nH]1.O=C(O)C(F)(F)F. The zero-order valence-corrected chi connectivity index (χ0v) is 16.0. The van der Waals surface area contributed by atoms with E-state index >= 15 is 0 Å². The van der Waals surface area contributed by atoms with Crippen molar-refractivity contribution >= 4 is 22.8 Å². The molecule has 3 rings (SSSR count). The molecule has 0 bridgehead atoms. The van der Waals surface area contributed by atoms with Gasteiger partial charge in [0.1, 0.15) is 11.4 Å². The fraction of sp³-hybridized carbons (Fsp3) is 0.263. The summed E-state index contributed by atoms with van der Waals surface area (Å²) in [5.74, 6) is -2.49. The van der Waals surface area contributed by atoms with E-state index in [1.165, 1.54) is 6.20 Å². The molecule has 2 aromatic heterocycles. The van der Waals surface area contributed by atoms with Gasteiger partial charge in [0, 0.05) is 24.0 Å². The van der Waals surface area contributed by atoms with Gasteiger partial charge in [-0.25, -0.2) is 9.78 Å². The molecule has 0 saturated heterocycles. The van der Waals surface area contributed by atoms with Crippen LogP contribution in [0.1, 0.15) is 41.1 Å². The summed E-state index contributed by atoms with van der Waals surface area (Å²) in [6, 6.07) is 5.20. The number of nitrogens with zero attached hydrogens (tertiary/aromatic N) is 1. The van der Waals surface area contributed by atoms with E-state index in [0.29, 0.717) is 17.6 Å². The van der Waals surface area contributed by atoms with Crippen LogP contribution in [0.4, 0.5) is 13.2 Å². The predicted octanol–water partition coefficient (Wildman–Crippen LogP) is 3.07. The van der Waals surface area contributed by atoms with Crippen molar-refractivity contribution in [3.63, 3.8) is 0 Å². The zero-order valence-electron chi connectivity index (χ0n) is 16.0. The number of para-hydroxylation sites is 1. The number of alkyl halides is 3. The molecular formula is C19H19F3N4O4. The number of nitrogens with one attached hydrogen (secondary N) is 3. The number of pyridine rings is 1. The number of carbonyl (C=O) groups excluding carboxylic acids is 1. The van der Waals surface area contributed by atoms with E-state index in [1.54, 1.807) is 18.5 Å². The summed E-state index contributed by atoms with van der Waals surface area (Å²) in [7, 11) is 0. The number of hydrogen-bond donors (Lipinski definition) is 4. The van der Waals surface area contributed by atoms with Crippen LogP contribution in [0.2, 0.25) is 0 Å². The molecule has 1 aromatic carbocycles. The highest BCUT2D eigenvalue weighted by molar-refractivity contribution is 5.97. The first kappa shape index (κ1) is 22.7. The van der Waals surface area contributed by atoms with Gasteiger partial charge in [0.25, 0.3) is 5.91 Å². The molecule has 0 aliphatic heterocycles. The molecule has 8 nitrogen and oxygen atoms in total. The molecule has 0 spiro atoms. The third-order valence-corrected chi connectivity index (χ3v) is 4.17. The number of carbonyl (C=O) groups is 2. The summed E-state index contributed by atoms with van der Waals surface area (Å²) in [5.41, 5.74) is 1.56. The van der Waals surface area contributed by atoms with E-state index in [2.05, 4.69) is 20.3 Å². The van der Waals surface area contributed by atoms with Gasteiger partial charge in [-0.05, 0) is 25.0 Å². The van der Waals surface area contributed by atoms with Gasteiger partial charge in [0.05, 0.1) is 11.6 Å². The van der Waals surface area contributed by atoms with Gasteiger partial charge in [0.15, 0.2) is 0 Å². The van der Waals surface area contributed by atoms with Crippen LogP contribution in [0.5, 0.6) is 0 Å². The van der Waals surface area contributed by atoms with Gasteiger partial charge < -0.3 is 20.4 Å². The number of rotatable bonds is 4. The van der Waals surface area contributed by atoms with E-state index in [1.807, 2.05) is 26.0 Å². The van der Waals surface area contributed by atoms with Crippen LogP contribution >= 0.6 is 0 Å². The zero-order chi connectivity index (χ0) is 22.5. The highest BCUT2D eigenvalue weighted by Crippen LogP contribution is 2.15. The Morgan fingerprint density at radius 3 is 2.47 bits per heavy atom. The van der Waals surface area contributed by atoms with Crippen molar-refractivity contribution in [1.29, 1.82) is 0 Å². The minimum absolute atomic E-state index is 0.105. The highest BCUT2D eigenvalue weighted by atomic mass is 19.4. The molecule has 11 heteroatoms. The van der Waals surface area contributed by atoms with Crippen molar-refractivity contribution in [3.8, 4) is 0 Å². The smallest absolute Gasteiger partial charge is 0.475 e. The minimum atomic E-state index is -5.08. The number of halogens is 3. The largest absolute Gasteiger partial charge is 0.490 e. The molecule has 2 heterocycles. The van der Waals surface area contributed by atoms with Gasteiger partial charge in [-0.15, -0.1) is 0 Å². The molecule has 1 amide bonds. The first-order valence-electron chi connectivity index (χ1n) is 8.77. The van der Waals surface area contributed by atoms with Crippen LogP contribution in [-0.4, -0.2) is 38.1 Å². The number of fused-ring (bicyclic) bond motifs is 1. The number of aromatic amines is 2. The van der Waals surface area contributed by atoms with Crippen molar-refractivity contribution < 1.29 is 27.9 Å². The Bertz CT molecular complexity index is 1090. The average molecular weight is 424 g/mol. The number of carboxylic acid groups (broad SMARTS) is 1. The highest BCUT2D eigenvalue weighted by Gasteiger charge is 2.38. The van der Waals surface area contributed by atoms with Gasteiger partial charge >= 0.3 is 12.1 Å². The number of benzene rings is 1. The second-order valence-corrected chi connectivity index (χ2v) is 6.24. The minimum Gasteiger partial charge on any atom is -0.475 e. The Balaban J connectivity index is 0.000000396. The number of aliphatic carboxylic acids is 1. The molecule has 0 aliphatic rings. The number of amides is 1. The van der Waals surface area contributed by atoms with Crippen LogP contribution < -0.4 is 10.7 Å². The van der Waals surface area contributed by atoms with E-state index in [0.717, 1.165) is 11.1 Å². The lowest BCUT2D eigenvalue weighted by Gasteiger charge is -2.14. The standard InChI is InChI=1S/C17H18N4O2.C2HF3O2/c1-3-13(16-18-7-8-19-16)21-17(23)12-9-20-14-10(2)5-4-6-11(14)15(12)22;3-2(4,5)1(6)7/h4-9,13H,3H2,1-2H3,(H,18,19)(H,20,22)(H,21,23);(H,6,7). The molecule has 1 atom stereocenters. The third-order valence-electron chi connectivity index (χ3n) is 4.17. The molecule has 160 valence electrons. The van der Waals surface area contributed by atoms with E-state index in [9.17, 15) is 22.8 Å². The number of aromatic nitrogens is 3. The lowest BCUT2D eigenvalue weighted by molar-refractivity contribution is -0.192. The van der Waals surface area contributed by atoms with Crippen molar-refractivity contribution in [2.75, 3.05) is 0 Å². The average Bonchev–Trinajstić information content (AvgIpc) is 3.21. The molecule has 1 unspecified atom stereocenters. The number of H-pyrrole nitrogens is 2. The maximum Gasteiger partial charge on any atom is 0.490 e. The number of aryl methyl sites for hydroxylation is 1. The fourth-order valence-corrected chi connectivity index (χ4v) is 2.64. The van der Waals surface area contributed by atoms with Crippen LogP contribution in [0.3, 0.4) is 0 Å². The fourth-order valence-electron chi connectivity index (χ4n) is 2.64. The summed E-state index contributed by atoms with van der Waals surface area (Å²) in [6.45, 7) is 3.86. The number of imidazole rings is 1. The first-order chi connectivity index (χ1) is 14.1. The Morgan fingerprint density at radius 2 is 1.93 bits per heavy atom. The molecule has 0 radical (unpaired) electrons. The summed E-state index contributed by atoms with van der Waals surface area (Å²) in [4.78, 5) is 44.2. The Labute approximate surface area is 168 Å². The van der Waals surface area contributed by atoms with Crippen molar-refractivity contribution in [3.05, 3.63) is 64.0 Å². The Kier molecular flexibility index (Phi) is 6.98. The third kappa shape index (κ3) is 5.25. The lowest BCUT2D eigenvalue weighted by atomic mass is 10.1. The Hall–Kier alpha value is -3.63. The topological polar surface area (TPSA) is 128 Å². The second-order valence-electron chi connectivity index (χ2n) is 6.24. The van der Waals surface area contributed by atoms with Gasteiger partial charge in [-0.1, -0.05) is 19.1 Å². The summed E-state index contributed by atoms with van der Waals surface area (Å²) < 4.78 is 31.7. The maximum atomic E-state index is 12.6. The second kappa shape index (κ2) is 9.25. The summed E-state index contributed by atoms with van der Waals surface area (Å²) >= 11 is 0. The maximum absolute atomic E-state index is 12.6. The molecule has 30 heavy (non-hydrogen) atoms. The van der Waals surface area contributed by atoms with Crippen LogP contribution in [-0.2, 0) is 4.79 Å². The molecule has 0 aliphatic carbocycles. The predicted molar refractivity (Wildman–Crippen MR) is 102 cm³/mol. The van der Waals surface area contributed by atoms with E-state index < -0.39 is 18.1 Å². The molecular weight excluding hydrogens is 405 g/mol. The van der Waals surface area contributed by atoms with Crippen LogP contribution in [0, 0.1) is 6.92 Å². The molecule has 4 N–H and O–H groups in total. The Morgan fingerprint density at radius 1 is 1.27 bits per heavy atom. The van der Waals surface area contributed by atoms with Crippen molar-refractivity contribution in [2.24, 2.45) is 0 Å². The first-order valence-corrected chi connectivity index (χ1v) is 8.77. The van der Waals surface area contributed by atoms with E-state index in [4.69, 9.17) is 9.90 Å². The van der Waals surface area contributed by atoms with Gasteiger partial charge in [-0.3, -0.25) is 9.59 Å². The number of hydrogen-bond acceptors (Lipinski definition) is 4. The summed E-state index contributed by atoms with van der Waals surface area (Å²) in [5, 5.41) is 10.5. The molecule has 0 saturated carbocycles.